The van der Waals surface area contributed by atoms with Gasteiger partial charge in [-0.05, 0) is 37.0 Å². The Morgan fingerprint density at radius 1 is 1.33 bits per heavy atom. The van der Waals surface area contributed by atoms with Crippen LogP contribution in [0.5, 0.6) is 0 Å². The molecule has 2 N–H and O–H groups in total. The van der Waals surface area contributed by atoms with Crippen LogP contribution in [0.4, 0.5) is 0 Å². The third kappa shape index (κ3) is 4.68. The van der Waals surface area contributed by atoms with Crippen LogP contribution in [-0.4, -0.2) is 26.9 Å². The first-order valence-corrected chi connectivity index (χ1v) is 9.97. The van der Waals surface area contributed by atoms with Gasteiger partial charge in [-0.2, -0.15) is 0 Å². The second kappa shape index (κ2) is 8.44. The lowest BCUT2D eigenvalue weighted by Gasteiger charge is -2.31. The average molecular weight is 350 g/mol. The highest BCUT2D eigenvalue weighted by Crippen LogP contribution is 2.28. The summed E-state index contributed by atoms with van der Waals surface area (Å²) in [5.74, 6) is 0.0728. The lowest BCUT2D eigenvalue weighted by Crippen LogP contribution is -2.41. The van der Waals surface area contributed by atoms with Crippen molar-refractivity contribution in [1.29, 1.82) is 0 Å². The number of benzene rings is 1. The van der Waals surface area contributed by atoms with Gasteiger partial charge in [-0.3, -0.25) is 4.79 Å². The lowest BCUT2D eigenvalue weighted by atomic mass is 9.83. The zero-order valence-corrected chi connectivity index (χ0v) is 14.9. The highest BCUT2D eigenvalue weighted by atomic mass is 32.2. The Labute approximate surface area is 144 Å². The largest absolute Gasteiger partial charge is 0.349 e. The van der Waals surface area contributed by atoms with E-state index in [9.17, 15) is 13.2 Å². The molecule has 1 aliphatic carbocycles. The number of sulfonamides is 1. The number of hydrogen-bond donors (Lipinski definition) is 2. The van der Waals surface area contributed by atoms with E-state index in [1.54, 1.807) is 18.2 Å². The van der Waals surface area contributed by atoms with Crippen molar-refractivity contribution in [2.75, 3.05) is 6.54 Å². The molecular formula is C18H26N2O3S. The third-order valence-electron chi connectivity index (χ3n) is 4.55. The highest BCUT2D eigenvalue weighted by molar-refractivity contribution is 7.89. The van der Waals surface area contributed by atoms with Gasteiger partial charge in [0.25, 0.3) is 5.91 Å². The Bertz CT molecular complexity index is 685. The number of carbonyl (C=O) groups excluding carboxylic acids is 1. The number of nitrogens with one attached hydrogen (secondary N) is 2. The summed E-state index contributed by atoms with van der Waals surface area (Å²) in [6.45, 7) is 5.98. The minimum Gasteiger partial charge on any atom is -0.349 e. The Hall–Kier alpha value is -1.66. The summed E-state index contributed by atoms with van der Waals surface area (Å²) < 4.78 is 28.2. The summed E-state index contributed by atoms with van der Waals surface area (Å²) in [4.78, 5) is 12.1. The van der Waals surface area contributed by atoms with Gasteiger partial charge >= 0.3 is 0 Å². The van der Waals surface area contributed by atoms with Crippen LogP contribution in [0.25, 0.3) is 0 Å². The molecule has 1 fully saturated rings. The van der Waals surface area contributed by atoms with Crippen molar-refractivity contribution < 1.29 is 13.2 Å². The van der Waals surface area contributed by atoms with Gasteiger partial charge in [0.1, 0.15) is 0 Å². The molecule has 6 heteroatoms. The monoisotopic (exact) mass is 350 g/mol. The van der Waals surface area contributed by atoms with E-state index in [0.717, 1.165) is 32.1 Å². The minimum absolute atomic E-state index is 0.0213. The van der Waals surface area contributed by atoms with Crippen LogP contribution in [0, 0.1) is 5.92 Å². The molecule has 2 unspecified atom stereocenters. The van der Waals surface area contributed by atoms with E-state index in [4.69, 9.17) is 0 Å². The van der Waals surface area contributed by atoms with Crippen molar-refractivity contribution in [1.82, 2.24) is 10.0 Å². The second-order valence-electron chi connectivity index (χ2n) is 6.21. The Balaban J connectivity index is 2.16. The van der Waals surface area contributed by atoms with Gasteiger partial charge in [-0.1, -0.05) is 38.3 Å². The molecule has 1 amide bonds. The van der Waals surface area contributed by atoms with Gasteiger partial charge in [0.2, 0.25) is 10.0 Å². The van der Waals surface area contributed by atoms with Gasteiger partial charge in [0, 0.05) is 18.2 Å². The van der Waals surface area contributed by atoms with Crippen molar-refractivity contribution in [3.8, 4) is 0 Å². The molecule has 5 nitrogen and oxygen atoms in total. The quantitative estimate of drug-likeness (QED) is 0.743. The summed E-state index contributed by atoms with van der Waals surface area (Å²) in [6, 6.07) is 6.12. The summed E-state index contributed by atoms with van der Waals surface area (Å²) in [5.41, 5.74) is 0.329. The fraction of sp³-hybridized carbons (Fsp3) is 0.500. The predicted octanol–water partition coefficient (Wildman–Crippen LogP) is 2.85. The first-order chi connectivity index (χ1) is 11.5. The van der Waals surface area contributed by atoms with Crippen molar-refractivity contribution in [2.45, 2.75) is 50.0 Å². The third-order valence-corrected chi connectivity index (χ3v) is 6.04. The van der Waals surface area contributed by atoms with Gasteiger partial charge in [-0.15, -0.1) is 6.58 Å². The van der Waals surface area contributed by atoms with Crippen LogP contribution < -0.4 is 10.0 Å². The van der Waals surface area contributed by atoms with Crippen LogP contribution in [0.3, 0.4) is 0 Å². The Morgan fingerprint density at radius 2 is 2.08 bits per heavy atom. The smallest absolute Gasteiger partial charge is 0.251 e. The molecule has 0 aromatic heterocycles. The molecule has 0 radical (unpaired) electrons. The molecule has 0 bridgehead atoms. The molecule has 24 heavy (non-hydrogen) atoms. The number of carbonyl (C=O) groups is 1. The van der Waals surface area contributed by atoms with Gasteiger partial charge < -0.3 is 5.32 Å². The molecule has 132 valence electrons. The number of rotatable bonds is 7. The molecule has 0 heterocycles. The molecule has 2 atom stereocenters. The maximum atomic E-state index is 12.7. The molecule has 0 aliphatic heterocycles. The predicted molar refractivity (Wildman–Crippen MR) is 95.3 cm³/mol. The summed E-state index contributed by atoms with van der Waals surface area (Å²) in [5, 5.41) is 2.65. The SMILES string of the molecule is C=CCNC(=O)c1cccc(S(=O)(=O)NC2CCCCC2CC)c1. The normalized spacial score (nSPS) is 21.2. The molecular weight excluding hydrogens is 324 g/mol. The van der Waals surface area contributed by atoms with Crippen LogP contribution >= 0.6 is 0 Å². The van der Waals surface area contributed by atoms with Crippen LogP contribution in [-0.2, 0) is 10.0 Å². The fourth-order valence-corrected chi connectivity index (χ4v) is 4.57. The molecule has 0 spiro atoms. The van der Waals surface area contributed by atoms with E-state index in [2.05, 4.69) is 23.5 Å². The van der Waals surface area contributed by atoms with Crippen LogP contribution in [0.1, 0.15) is 49.4 Å². The molecule has 1 aromatic rings. The molecule has 1 aromatic carbocycles. The topological polar surface area (TPSA) is 75.3 Å². The Kier molecular flexibility index (Phi) is 6.57. The lowest BCUT2D eigenvalue weighted by molar-refractivity contribution is 0.0958. The molecule has 1 aliphatic rings. The van der Waals surface area contributed by atoms with Crippen molar-refractivity contribution >= 4 is 15.9 Å². The van der Waals surface area contributed by atoms with Crippen molar-refractivity contribution in [3.05, 3.63) is 42.5 Å². The minimum atomic E-state index is -3.63. The zero-order valence-electron chi connectivity index (χ0n) is 14.1. The highest BCUT2D eigenvalue weighted by Gasteiger charge is 2.28. The Morgan fingerprint density at radius 3 is 2.79 bits per heavy atom. The standard InChI is InChI=1S/C18H26N2O3S/c1-3-12-19-18(21)15-9-7-10-16(13-15)24(22,23)20-17-11-6-5-8-14(17)4-2/h3,7,9-10,13-14,17,20H,1,4-6,8,11-12H2,2H3,(H,19,21). The second-order valence-corrected chi connectivity index (χ2v) is 7.92. The molecule has 1 saturated carbocycles. The maximum Gasteiger partial charge on any atom is 0.251 e. The summed E-state index contributed by atoms with van der Waals surface area (Å²) in [7, 11) is -3.63. The zero-order chi connectivity index (χ0) is 17.6. The van der Waals surface area contributed by atoms with E-state index in [-0.39, 0.29) is 16.8 Å². The fourth-order valence-electron chi connectivity index (χ4n) is 3.19. The van der Waals surface area contributed by atoms with Crippen LogP contribution in [0.15, 0.2) is 41.8 Å². The number of amides is 1. The van der Waals surface area contributed by atoms with E-state index in [0.29, 0.717) is 18.0 Å². The van der Waals surface area contributed by atoms with Gasteiger partial charge in [-0.25, -0.2) is 13.1 Å². The van der Waals surface area contributed by atoms with E-state index < -0.39 is 10.0 Å². The van der Waals surface area contributed by atoms with E-state index in [1.807, 2.05) is 0 Å². The van der Waals surface area contributed by atoms with E-state index >= 15 is 0 Å². The number of hydrogen-bond acceptors (Lipinski definition) is 3. The van der Waals surface area contributed by atoms with Gasteiger partial charge in [0.15, 0.2) is 0 Å². The van der Waals surface area contributed by atoms with Crippen molar-refractivity contribution in [2.24, 2.45) is 5.92 Å². The van der Waals surface area contributed by atoms with Gasteiger partial charge in [0.05, 0.1) is 4.90 Å². The van der Waals surface area contributed by atoms with Crippen LogP contribution in [0.2, 0.25) is 0 Å². The first kappa shape index (κ1) is 18.7. The van der Waals surface area contributed by atoms with E-state index in [1.165, 1.54) is 12.1 Å². The first-order valence-electron chi connectivity index (χ1n) is 8.49. The average Bonchev–Trinajstić information content (AvgIpc) is 2.60. The summed E-state index contributed by atoms with van der Waals surface area (Å²) in [6.07, 6.45) is 6.69. The maximum absolute atomic E-state index is 12.7. The molecule has 2 rings (SSSR count). The molecule has 0 saturated heterocycles. The summed E-state index contributed by atoms with van der Waals surface area (Å²) >= 11 is 0. The van der Waals surface area contributed by atoms with Crippen molar-refractivity contribution in [3.63, 3.8) is 0 Å².